The summed E-state index contributed by atoms with van der Waals surface area (Å²) in [6, 6.07) is 2.56. The van der Waals surface area contributed by atoms with E-state index in [1.54, 1.807) is 0 Å². The van der Waals surface area contributed by atoms with Crippen LogP contribution in [0, 0.1) is 11.6 Å². The first kappa shape index (κ1) is 8.97. The predicted octanol–water partition coefficient (Wildman–Crippen LogP) is 2.50. The van der Waals surface area contributed by atoms with Crippen LogP contribution in [0.2, 0.25) is 0 Å². The van der Waals surface area contributed by atoms with Gasteiger partial charge in [-0.15, -0.1) is 0 Å². The number of hydrogen-bond donors (Lipinski definition) is 1. The van der Waals surface area contributed by atoms with Gasteiger partial charge in [0.1, 0.15) is 17.3 Å². The average Bonchev–Trinajstić information content (AvgIpc) is 2.01. The minimum Gasteiger partial charge on any atom is -0.394 e. The Morgan fingerprint density at radius 2 is 1.75 bits per heavy atom. The van der Waals surface area contributed by atoms with E-state index in [1.165, 1.54) is 12.1 Å². The lowest BCUT2D eigenvalue weighted by molar-refractivity contribution is 0.587. The molecule has 0 fully saturated rings. The summed E-state index contributed by atoms with van der Waals surface area (Å²) >= 11 is 0. The molecule has 1 aromatic carbocycles. The van der Waals surface area contributed by atoms with Gasteiger partial charge in [-0.2, -0.15) is 0 Å². The number of rotatable bonds is 2. The highest BCUT2D eigenvalue weighted by atomic mass is 19.1. The summed E-state index contributed by atoms with van der Waals surface area (Å²) < 4.78 is 25.6. The molecule has 0 atom stereocenters. The average molecular weight is 171 g/mol. The first-order valence-corrected chi connectivity index (χ1v) is 3.88. The van der Waals surface area contributed by atoms with Gasteiger partial charge >= 0.3 is 0 Å². The van der Waals surface area contributed by atoms with Crippen molar-refractivity contribution in [2.24, 2.45) is 0 Å². The molecular formula is C9H11F2N. The molecule has 0 aliphatic heterocycles. The lowest BCUT2D eigenvalue weighted by Crippen LogP contribution is -1.97. The molecule has 0 saturated heterocycles. The fourth-order valence-electron chi connectivity index (χ4n) is 1.07. The van der Waals surface area contributed by atoms with Crippen molar-refractivity contribution in [1.82, 2.24) is 0 Å². The van der Waals surface area contributed by atoms with Crippen LogP contribution in [-0.4, -0.2) is 0 Å². The summed E-state index contributed by atoms with van der Waals surface area (Å²) in [6.45, 7) is 1.95. The summed E-state index contributed by atoms with van der Waals surface area (Å²) in [4.78, 5) is 0. The van der Waals surface area contributed by atoms with Gasteiger partial charge in [0.15, 0.2) is 0 Å². The van der Waals surface area contributed by atoms with Crippen molar-refractivity contribution in [3.8, 4) is 0 Å². The maximum Gasteiger partial charge on any atom is 0.149 e. The molecule has 1 aromatic rings. The molecule has 0 aliphatic rings. The fraction of sp³-hybridized carbons (Fsp3) is 0.333. The second kappa shape index (κ2) is 3.52. The highest BCUT2D eigenvalue weighted by Crippen LogP contribution is 2.17. The van der Waals surface area contributed by atoms with Crippen molar-refractivity contribution in [3.05, 3.63) is 29.3 Å². The second-order valence-electron chi connectivity index (χ2n) is 2.72. The fourth-order valence-corrected chi connectivity index (χ4v) is 1.07. The van der Waals surface area contributed by atoms with Crippen molar-refractivity contribution in [2.75, 3.05) is 5.73 Å². The molecule has 0 aromatic heterocycles. The molecule has 0 radical (unpaired) electrons. The van der Waals surface area contributed by atoms with E-state index in [4.69, 9.17) is 5.73 Å². The zero-order chi connectivity index (χ0) is 9.14. The highest BCUT2D eigenvalue weighted by Gasteiger charge is 2.06. The quantitative estimate of drug-likeness (QED) is 0.680. The molecule has 12 heavy (non-hydrogen) atoms. The van der Waals surface area contributed by atoms with Crippen LogP contribution in [0.5, 0.6) is 0 Å². The van der Waals surface area contributed by atoms with Crippen molar-refractivity contribution < 1.29 is 8.78 Å². The number of anilines is 1. The first-order chi connectivity index (χ1) is 5.65. The van der Waals surface area contributed by atoms with E-state index in [-0.39, 0.29) is 0 Å². The van der Waals surface area contributed by atoms with E-state index in [2.05, 4.69) is 0 Å². The van der Waals surface area contributed by atoms with Crippen LogP contribution < -0.4 is 5.73 Å². The SMILES string of the molecule is CCCc1cc(F)c(N)c(F)c1. The van der Waals surface area contributed by atoms with Gasteiger partial charge in [0, 0.05) is 0 Å². The Morgan fingerprint density at radius 3 is 2.17 bits per heavy atom. The second-order valence-corrected chi connectivity index (χ2v) is 2.72. The van der Waals surface area contributed by atoms with Gasteiger partial charge in [0.05, 0.1) is 0 Å². The zero-order valence-corrected chi connectivity index (χ0v) is 6.90. The number of halogens is 2. The Bertz CT molecular complexity index is 261. The van der Waals surface area contributed by atoms with Crippen LogP contribution in [0.1, 0.15) is 18.9 Å². The minimum absolute atomic E-state index is 0.394. The molecule has 0 spiro atoms. The van der Waals surface area contributed by atoms with Gasteiger partial charge in [-0.1, -0.05) is 13.3 Å². The van der Waals surface area contributed by atoms with Crippen LogP contribution in [0.25, 0.3) is 0 Å². The number of aryl methyl sites for hydroxylation is 1. The van der Waals surface area contributed by atoms with E-state index < -0.39 is 17.3 Å². The Balaban J connectivity index is 3.04. The van der Waals surface area contributed by atoms with E-state index >= 15 is 0 Å². The van der Waals surface area contributed by atoms with Crippen LogP contribution >= 0.6 is 0 Å². The Labute approximate surface area is 70.2 Å². The van der Waals surface area contributed by atoms with Gasteiger partial charge in [-0.3, -0.25) is 0 Å². The van der Waals surface area contributed by atoms with Crippen molar-refractivity contribution >= 4 is 5.69 Å². The lowest BCUT2D eigenvalue weighted by Gasteiger charge is -2.02. The molecule has 0 unspecified atom stereocenters. The van der Waals surface area contributed by atoms with Gasteiger partial charge < -0.3 is 5.73 Å². The van der Waals surface area contributed by atoms with E-state index in [1.807, 2.05) is 6.92 Å². The Morgan fingerprint density at radius 1 is 1.25 bits per heavy atom. The number of nitrogen functional groups attached to an aromatic ring is 1. The molecule has 1 nitrogen and oxygen atoms in total. The standard InChI is InChI=1S/C9H11F2N/c1-2-3-6-4-7(10)9(12)8(11)5-6/h4-5H,2-3,12H2,1H3. The molecule has 0 heterocycles. The third kappa shape index (κ3) is 1.72. The highest BCUT2D eigenvalue weighted by molar-refractivity contribution is 5.43. The number of hydrogen-bond acceptors (Lipinski definition) is 1. The topological polar surface area (TPSA) is 26.0 Å². The van der Waals surface area contributed by atoms with Crippen molar-refractivity contribution in [2.45, 2.75) is 19.8 Å². The predicted molar refractivity (Wildman–Crippen MR) is 44.8 cm³/mol. The Hall–Kier alpha value is -1.12. The maximum absolute atomic E-state index is 12.8. The van der Waals surface area contributed by atoms with E-state index in [9.17, 15) is 8.78 Å². The zero-order valence-electron chi connectivity index (χ0n) is 6.90. The molecule has 66 valence electrons. The smallest absolute Gasteiger partial charge is 0.149 e. The molecular weight excluding hydrogens is 160 g/mol. The molecule has 2 N–H and O–H groups in total. The van der Waals surface area contributed by atoms with Crippen LogP contribution in [0.3, 0.4) is 0 Å². The van der Waals surface area contributed by atoms with E-state index in [0.29, 0.717) is 12.0 Å². The molecule has 0 saturated carbocycles. The Kier molecular flexibility index (Phi) is 2.63. The first-order valence-electron chi connectivity index (χ1n) is 3.88. The molecule has 0 aliphatic carbocycles. The van der Waals surface area contributed by atoms with E-state index in [0.717, 1.165) is 6.42 Å². The molecule has 0 amide bonds. The summed E-state index contributed by atoms with van der Waals surface area (Å²) in [7, 11) is 0. The molecule has 0 bridgehead atoms. The summed E-state index contributed by atoms with van der Waals surface area (Å²) in [5.41, 5.74) is 5.36. The minimum atomic E-state index is -0.668. The van der Waals surface area contributed by atoms with Gasteiger partial charge in [0.25, 0.3) is 0 Å². The third-order valence-electron chi connectivity index (χ3n) is 1.68. The summed E-state index contributed by atoms with van der Waals surface area (Å²) in [5.74, 6) is -1.34. The monoisotopic (exact) mass is 171 g/mol. The normalized spacial score (nSPS) is 10.2. The number of benzene rings is 1. The van der Waals surface area contributed by atoms with Gasteiger partial charge in [-0.05, 0) is 24.1 Å². The lowest BCUT2D eigenvalue weighted by atomic mass is 10.1. The summed E-state index contributed by atoms with van der Waals surface area (Å²) in [5, 5.41) is 0. The van der Waals surface area contributed by atoms with Gasteiger partial charge in [0.2, 0.25) is 0 Å². The van der Waals surface area contributed by atoms with Crippen molar-refractivity contribution in [1.29, 1.82) is 0 Å². The molecule has 3 heteroatoms. The van der Waals surface area contributed by atoms with Gasteiger partial charge in [-0.25, -0.2) is 8.78 Å². The number of nitrogens with two attached hydrogens (primary N) is 1. The largest absolute Gasteiger partial charge is 0.394 e. The maximum atomic E-state index is 12.8. The third-order valence-corrected chi connectivity index (χ3v) is 1.68. The molecule has 1 rings (SSSR count). The summed E-state index contributed by atoms with van der Waals surface area (Å²) in [6.07, 6.45) is 1.54. The van der Waals surface area contributed by atoms with Crippen LogP contribution in [0.4, 0.5) is 14.5 Å². The van der Waals surface area contributed by atoms with Crippen LogP contribution in [-0.2, 0) is 6.42 Å². The van der Waals surface area contributed by atoms with Crippen LogP contribution in [0.15, 0.2) is 12.1 Å². The van der Waals surface area contributed by atoms with Crippen molar-refractivity contribution in [3.63, 3.8) is 0 Å².